The van der Waals surface area contributed by atoms with Crippen LogP contribution in [0.25, 0.3) is 11.3 Å². The molecule has 2 N–H and O–H groups in total. The van der Waals surface area contributed by atoms with Crippen molar-refractivity contribution < 1.29 is 28.6 Å². The van der Waals surface area contributed by atoms with E-state index in [1.807, 2.05) is 0 Å². The van der Waals surface area contributed by atoms with Crippen LogP contribution in [0.2, 0.25) is 0 Å². The second-order valence-corrected chi connectivity index (χ2v) is 6.59. The van der Waals surface area contributed by atoms with Crippen LogP contribution >= 0.6 is 0 Å². The van der Waals surface area contributed by atoms with E-state index < -0.39 is 30.2 Å². The molecule has 1 aromatic heterocycles. The quantitative estimate of drug-likeness (QED) is 0.570. The highest BCUT2D eigenvalue weighted by atomic mass is 19.1. The van der Waals surface area contributed by atoms with Crippen LogP contribution in [0.1, 0.15) is 28.5 Å². The smallest absolute Gasteiger partial charge is 0.305 e. The van der Waals surface area contributed by atoms with Gasteiger partial charge in [-0.1, -0.05) is 30.3 Å². The van der Waals surface area contributed by atoms with E-state index >= 15 is 0 Å². The van der Waals surface area contributed by atoms with Crippen molar-refractivity contribution in [3.05, 3.63) is 77.7 Å². The van der Waals surface area contributed by atoms with E-state index in [4.69, 9.17) is 9.47 Å². The molecule has 8 heteroatoms. The number of pyridine rings is 1. The highest BCUT2D eigenvalue weighted by molar-refractivity contribution is 5.94. The average Bonchev–Trinajstić information content (AvgIpc) is 2.78. The molecule has 0 fully saturated rings. The third-order valence-corrected chi connectivity index (χ3v) is 4.64. The van der Waals surface area contributed by atoms with E-state index in [-0.39, 0.29) is 11.3 Å². The summed E-state index contributed by atoms with van der Waals surface area (Å²) in [5.41, 5.74) is 1.10. The highest BCUT2D eigenvalue weighted by Crippen LogP contribution is 2.34. The minimum Gasteiger partial charge on any atom is -0.496 e. The Morgan fingerprint density at radius 3 is 2.35 bits per heavy atom. The van der Waals surface area contributed by atoms with E-state index in [1.54, 1.807) is 36.4 Å². The Kier molecular flexibility index (Phi) is 6.81. The number of aliphatic carboxylic acids is 1. The van der Waals surface area contributed by atoms with Gasteiger partial charge in [-0.3, -0.25) is 9.59 Å². The lowest BCUT2D eigenvalue weighted by molar-refractivity contribution is -0.137. The standard InChI is InChI=1S/C23H21FN2O5/c1-30-19-10-6-4-8-15(19)22-20(31-2)12-11-17(25-22)23(29)26-18(13-21(27)28)14-7-3-5-9-16(14)24/h3-12,18H,13H2,1-2H3,(H,26,29)(H,27,28). The largest absolute Gasteiger partial charge is 0.496 e. The number of benzene rings is 2. The van der Waals surface area contributed by atoms with Gasteiger partial charge in [0.2, 0.25) is 0 Å². The number of carbonyl (C=O) groups is 2. The highest BCUT2D eigenvalue weighted by Gasteiger charge is 2.23. The Labute approximate surface area is 178 Å². The van der Waals surface area contributed by atoms with Gasteiger partial charge < -0.3 is 19.9 Å². The Bertz CT molecular complexity index is 1100. The van der Waals surface area contributed by atoms with Gasteiger partial charge in [0.15, 0.2) is 0 Å². The molecule has 3 aromatic rings. The van der Waals surface area contributed by atoms with E-state index in [9.17, 15) is 19.1 Å². The molecule has 2 aromatic carbocycles. The molecule has 1 unspecified atom stereocenters. The van der Waals surface area contributed by atoms with Gasteiger partial charge in [0, 0.05) is 11.1 Å². The number of rotatable bonds is 8. The van der Waals surface area contributed by atoms with E-state index in [2.05, 4.69) is 10.3 Å². The molecule has 7 nitrogen and oxygen atoms in total. The molecular formula is C23H21FN2O5. The molecule has 3 rings (SSSR count). The number of amides is 1. The number of ether oxygens (including phenoxy) is 2. The number of hydrogen-bond donors (Lipinski definition) is 2. The third-order valence-electron chi connectivity index (χ3n) is 4.64. The molecule has 1 atom stereocenters. The number of carboxylic acid groups (broad SMARTS) is 1. The first-order valence-electron chi connectivity index (χ1n) is 9.40. The van der Waals surface area contributed by atoms with Crippen molar-refractivity contribution in [1.82, 2.24) is 10.3 Å². The van der Waals surface area contributed by atoms with Crippen molar-refractivity contribution in [3.63, 3.8) is 0 Å². The van der Waals surface area contributed by atoms with Crippen molar-refractivity contribution in [1.29, 1.82) is 0 Å². The number of para-hydroxylation sites is 1. The average molecular weight is 424 g/mol. The molecule has 0 bridgehead atoms. The van der Waals surface area contributed by atoms with Gasteiger partial charge in [-0.05, 0) is 30.3 Å². The molecule has 1 amide bonds. The summed E-state index contributed by atoms with van der Waals surface area (Å²) in [6.07, 6.45) is -0.484. The zero-order valence-electron chi connectivity index (χ0n) is 17.0. The fourth-order valence-electron chi connectivity index (χ4n) is 3.17. The summed E-state index contributed by atoms with van der Waals surface area (Å²) in [5.74, 6) is -1.45. The lowest BCUT2D eigenvalue weighted by Gasteiger charge is -2.18. The molecule has 0 saturated carbocycles. The number of halogens is 1. The summed E-state index contributed by atoms with van der Waals surface area (Å²) in [6.45, 7) is 0. The van der Waals surface area contributed by atoms with Crippen molar-refractivity contribution in [2.45, 2.75) is 12.5 Å². The van der Waals surface area contributed by atoms with E-state index in [0.29, 0.717) is 22.8 Å². The van der Waals surface area contributed by atoms with Crippen LogP contribution in [0, 0.1) is 5.82 Å². The van der Waals surface area contributed by atoms with Gasteiger partial charge in [-0.25, -0.2) is 9.37 Å². The minimum absolute atomic E-state index is 0.0217. The lowest BCUT2D eigenvalue weighted by atomic mass is 10.0. The van der Waals surface area contributed by atoms with Gasteiger partial charge in [-0.15, -0.1) is 0 Å². The SMILES string of the molecule is COc1ccccc1-c1nc(C(=O)NC(CC(=O)O)c2ccccc2F)ccc1OC. The molecule has 0 aliphatic carbocycles. The fourth-order valence-corrected chi connectivity index (χ4v) is 3.17. The Morgan fingerprint density at radius 2 is 1.68 bits per heavy atom. The number of nitrogens with one attached hydrogen (secondary N) is 1. The molecule has 0 saturated heterocycles. The molecule has 1 heterocycles. The fraction of sp³-hybridized carbons (Fsp3) is 0.174. The molecular weight excluding hydrogens is 403 g/mol. The number of carbonyl (C=O) groups excluding carboxylic acids is 1. The van der Waals surface area contributed by atoms with Crippen LogP contribution in [0.15, 0.2) is 60.7 Å². The Balaban J connectivity index is 1.97. The van der Waals surface area contributed by atoms with Crippen LogP contribution in [0.5, 0.6) is 11.5 Å². The minimum atomic E-state index is -1.18. The third kappa shape index (κ3) is 4.98. The number of nitrogens with zero attached hydrogens (tertiary/aromatic N) is 1. The van der Waals surface area contributed by atoms with Crippen LogP contribution < -0.4 is 14.8 Å². The maximum absolute atomic E-state index is 14.2. The van der Waals surface area contributed by atoms with Gasteiger partial charge in [-0.2, -0.15) is 0 Å². The normalized spacial score (nSPS) is 11.5. The van der Waals surface area contributed by atoms with Gasteiger partial charge in [0.1, 0.15) is 28.7 Å². The summed E-state index contributed by atoms with van der Waals surface area (Å²) in [6, 6.07) is 14.8. The number of hydrogen-bond acceptors (Lipinski definition) is 5. The zero-order chi connectivity index (χ0) is 22.4. The molecule has 0 radical (unpaired) electrons. The first-order chi connectivity index (χ1) is 14.9. The summed E-state index contributed by atoms with van der Waals surface area (Å²) in [5, 5.41) is 11.8. The monoisotopic (exact) mass is 424 g/mol. The molecule has 160 valence electrons. The Hall–Kier alpha value is -3.94. The second kappa shape index (κ2) is 9.71. The predicted molar refractivity (Wildman–Crippen MR) is 112 cm³/mol. The number of methoxy groups -OCH3 is 2. The number of carboxylic acids is 1. The van der Waals surface area contributed by atoms with Gasteiger partial charge >= 0.3 is 5.97 Å². The topological polar surface area (TPSA) is 97.8 Å². The van der Waals surface area contributed by atoms with Crippen molar-refractivity contribution in [3.8, 4) is 22.8 Å². The summed E-state index contributed by atoms with van der Waals surface area (Å²) >= 11 is 0. The van der Waals surface area contributed by atoms with Crippen molar-refractivity contribution >= 4 is 11.9 Å². The predicted octanol–water partition coefficient (Wildman–Crippen LogP) is 3.85. The van der Waals surface area contributed by atoms with Crippen molar-refractivity contribution in [2.75, 3.05) is 14.2 Å². The van der Waals surface area contributed by atoms with Crippen LogP contribution in [0.4, 0.5) is 4.39 Å². The van der Waals surface area contributed by atoms with Gasteiger partial charge in [0.05, 0.1) is 26.7 Å². The number of aromatic nitrogens is 1. The summed E-state index contributed by atoms with van der Waals surface area (Å²) in [4.78, 5) is 28.6. The maximum Gasteiger partial charge on any atom is 0.305 e. The molecule has 31 heavy (non-hydrogen) atoms. The second-order valence-electron chi connectivity index (χ2n) is 6.59. The van der Waals surface area contributed by atoms with Crippen LogP contribution in [-0.2, 0) is 4.79 Å². The van der Waals surface area contributed by atoms with Crippen molar-refractivity contribution in [2.24, 2.45) is 0 Å². The molecule has 0 aliphatic heterocycles. The summed E-state index contributed by atoms with van der Waals surface area (Å²) < 4.78 is 25.0. The van der Waals surface area contributed by atoms with Crippen LogP contribution in [-0.4, -0.2) is 36.2 Å². The molecule has 0 spiro atoms. The first-order valence-corrected chi connectivity index (χ1v) is 9.40. The zero-order valence-corrected chi connectivity index (χ0v) is 17.0. The molecule has 0 aliphatic rings. The Morgan fingerprint density at radius 1 is 1.00 bits per heavy atom. The van der Waals surface area contributed by atoms with Gasteiger partial charge in [0.25, 0.3) is 5.91 Å². The van der Waals surface area contributed by atoms with E-state index in [1.165, 1.54) is 38.5 Å². The lowest BCUT2D eigenvalue weighted by Crippen LogP contribution is -2.31. The maximum atomic E-state index is 14.2. The summed E-state index contributed by atoms with van der Waals surface area (Å²) in [7, 11) is 3.00. The first kappa shape index (κ1) is 21.8. The van der Waals surface area contributed by atoms with E-state index in [0.717, 1.165) is 0 Å². The van der Waals surface area contributed by atoms with Crippen LogP contribution in [0.3, 0.4) is 0 Å².